The van der Waals surface area contributed by atoms with E-state index in [4.69, 9.17) is 0 Å². The maximum Gasteiger partial charge on any atom is 0.0496 e. The Labute approximate surface area is 136 Å². The summed E-state index contributed by atoms with van der Waals surface area (Å²) in [6, 6.07) is 27.9. The minimum Gasteiger partial charge on any atom is -0.355 e. The lowest BCUT2D eigenvalue weighted by Crippen LogP contribution is -1.97. The van der Waals surface area contributed by atoms with Gasteiger partial charge in [0, 0.05) is 16.8 Å². The Morgan fingerprint density at radius 3 is 2.22 bits per heavy atom. The van der Waals surface area contributed by atoms with Gasteiger partial charge in [0.2, 0.25) is 0 Å². The minimum atomic E-state index is 1.01. The molecule has 1 nitrogen and oxygen atoms in total. The molecule has 0 heterocycles. The number of benzene rings is 4. The van der Waals surface area contributed by atoms with Gasteiger partial charge in [0.1, 0.15) is 0 Å². The lowest BCUT2D eigenvalue weighted by atomic mass is 9.97. The molecule has 112 valence electrons. The largest absolute Gasteiger partial charge is 0.355 e. The van der Waals surface area contributed by atoms with Crippen LogP contribution < -0.4 is 5.32 Å². The number of hydrogen-bond acceptors (Lipinski definition) is 1. The maximum absolute atomic E-state index is 3.63. The summed E-state index contributed by atoms with van der Waals surface area (Å²) in [5.41, 5.74) is 3.70. The molecule has 0 fully saturated rings. The number of para-hydroxylation sites is 1. The summed E-state index contributed by atoms with van der Waals surface area (Å²) in [5, 5.41) is 8.82. The summed E-state index contributed by atoms with van der Waals surface area (Å²) >= 11 is 0. The molecule has 23 heavy (non-hydrogen) atoms. The van der Waals surface area contributed by atoms with E-state index in [9.17, 15) is 0 Å². The van der Waals surface area contributed by atoms with E-state index in [1.54, 1.807) is 0 Å². The van der Waals surface area contributed by atoms with Gasteiger partial charge >= 0.3 is 0 Å². The molecule has 1 N–H and O–H groups in total. The molecule has 0 aliphatic heterocycles. The lowest BCUT2D eigenvalue weighted by Gasteiger charge is -2.16. The lowest BCUT2D eigenvalue weighted by molar-refractivity contribution is 1.15. The summed E-state index contributed by atoms with van der Waals surface area (Å²) < 4.78 is 0. The van der Waals surface area contributed by atoms with E-state index < -0.39 is 0 Å². The number of fused-ring (bicyclic) bond motifs is 3. The highest BCUT2D eigenvalue weighted by atomic mass is 14.9. The second-order valence-corrected chi connectivity index (χ2v) is 5.83. The Morgan fingerprint density at radius 2 is 1.39 bits per heavy atom. The molecule has 4 rings (SSSR count). The average Bonchev–Trinajstić information content (AvgIpc) is 2.62. The van der Waals surface area contributed by atoms with E-state index in [1.807, 2.05) is 6.07 Å². The van der Waals surface area contributed by atoms with Gasteiger partial charge in [0.25, 0.3) is 0 Å². The fraction of sp³-hybridized carbons (Fsp3) is 0.0909. The van der Waals surface area contributed by atoms with Crippen molar-refractivity contribution >= 4 is 32.9 Å². The van der Waals surface area contributed by atoms with E-state index in [1.165, 1.54) is 32.8 Å². The van der Waals surface area contributed by atoms with Gasteiger partial charge in [-0.1, -0.05) is 73.7 Å². The average molecular weight is 297 g/mol. The summed E-state index contributed by atoms with van der Waals surface area (Å²) in [4.78, 5) is 0. The van der Waals surface area contributed by atoms with E-state index in [0.717, 1.165) is 12.1 Å². The van der Waals surface area contributed by atoms with Crippen molar-refractivity contribution < 1.29 is 0 Å². The summed E-state index contributed by atoms with van der Waals surface area (Å²) in [7, 11) is 0. The molecule has 0 amide bonds. The zero-order chi connectivity index (χ0) is 15.6. The van der Waals surface area contributed by atoms with Crippen molar-refractivity contribution in [2.45, 2.75) is 13.3 Å². The number of nitrogens with one attached hydrogen (secondary N) is 1. The van der Waals surface area contributed by atoms with Crippen molar-refractivity contribution in [2.75, 3.05) is 5.32 Å². The van der Waals surface area contributed by atoms with Crippen LogP contribution in [0.5, 0.6) is 0 Å². The third kappa shape index (κ3) is 2.44. The van der Waals surface area contributed by atoms with Crippen molar-refractivity contribution in [1.82, 2.24) is 0 Å². The maximum atomic E-state index is 3.63. The first-order valence-corrected chi connectivity index (χ1v) is 8.12. The highest BCUT2D eigenvalue weighted by molar-refractivity contribution is 6.12. The van der Waals surface area contributed by atoms with Gasteiger partial charge in [-0.05, 0) is 40.3 Å². The molecule has 0 saturated heterocycles. The Bertz CT molecular complexity index is 971. The normalized spacial score (nSPS) is 11.0. The molecule has 0 unspecified atom stereocenters. The van der Waals surface area contributed by atoms with Crippen LogP contribution in [0.15, 0.2) is 78.9 Å². The Morgan fingerprint density at radius 1 is 0.652 bits per heavy atom. The number of rotatable bonds is 3. The van der Waals surface area contributed by atoms with Crippen LogP contribution >= 0.6 is 0 Å². The fourth-order valence-corrected chi connectivity index (χ4v) is 3.24. The molecule has 4 aromatic carbocycles. The third-order valence-corrected chi connectivity index (χ3v) is 4.44. The van der Waals surface area contributed by atoms with Crippen LogP contribution in [0.25, 0.3) is 21.5 Å². The zero-order valence-corrected chi connectivity index (χ0v) is 13.2. The highest BCUT2D eigenvalue weighted by Gasteiger charge is 2.09. The van der Waals surface area contributed by atoms with Crippen molar-refractivity contribution in [1.29, 1.82) is 0 Å². The predicted molar refractivity (Wildman–Crippen MR) is 101 cm³/mol. The predicted octanol–water partition coefficient (Wildman–Crippen LogP) is 6.30. The highest BCUT2D eigenvalue weighted by Crippen LogP contribution is 2.34. The van der Waals surface area contributed by atoms with E-state index in [-0.39, 0.29) is 0 Å². The Hall–Kier alpha value is -2.80. The summed E-state index contributed by atoms with van der Waals surface area (Å²) in [6.45, 7) is 2.21. The van der Waals surface area contributed by atoms with Crippen LogP contribution in [0.4, 0.5) is 11.4 Å². The summed E-state index contributed by atoms with van der Waals surface area (Å²) in [5.74, 6) is 0. The molecule has 0 radical (unpaired) electrons. The molecule has 0 aromatic heterocycles. The van der Waals surface area contributed by atoms with E-state index in [2.05, 4.69) is 85.0 Å². The number of hydrogen-bond donors (Lipinski definition) is 1. The smallest absolute Gasteiger partial charge is 0.0496 e. The van der Waals surface area contributed by atoms with Crippen LogP contribution in [0, 0.1) is 0 Å². The van der Waals surface area contributed by atoms with Gasteiger partial charge in [-0.3, -0.25) is 0 Å². The minimum absolute atomic E-state index is 1.01. The molecule has 1 heteroatoms. The standard InChI is InChI=1S/C22H19N/c1-2-16-12-14-20-19-11-7-6-8-17(19)13-15-21(20)22(16)23-18-9-4-3-5-10-18/h3-15,23H,2H2,1H3. The Kier molecular flexibility index (Phi) is 3.47. The molecule has 0 aliphatic rings. The molecular weight excluding hydrogens is 278 g/mol. The van der Waals surface area contributed by atoms with Gasteiger partial charge in [-0.2, -0.15) is 0 Å². The van der Waals surface area contributed by atoms with Gasteiger partial charge in [0.05, 0.1) is 0 Å². The van der Waals surface area contributed by atoms with Crippen molar-refractivity contribution in [3.8, 4) is 0 Å². The monoisotopic (exact) mass is 297 g/mol. The van der Waals surface area contributed by atoms with Crippen LogP contribution in [-0.2, 0) is 6.42 Å². The molecule has 0 atom stereocenters. The first-order valence-electron chi connectivity index (χ1n) is 8.12. The zero-order valence-electron chi connectivity index (χ0n) is 13.2. The number of aryl methyl sites for hydroxylation is 1. The van der Waals surface area contributed by atoms with Crippen molar-refractivity contribution in [3.05, 3.63) is 84.4 Å². The molecule has 0 saturated carbocycles. The van der Waals surface area contributed by atoms with Crippen LogP contribution in [0.1, 0.15) is 12.5 Å². The van der Waals surface area contributed by atoms with Crippen molar-refractivity contribution in [2.24, 2.45) is 0 Å². The first-order chi connectivity index (χ1) is 11.4. The second-order valence-electron chi connectivity index (χ2n) is 5.83. The summed E-state index contributed by atoms with van der Waals surface area (Å²) in [6.07, 6.45) is 1.01. The molecule has 0 bridgehead atoms. The van der Waals surface area contributed by atoms with E-state index in [0.29, 0.717) is 0 Å². The topological polar surface area (TPSA) is 12.0 Å². The van der Waals surface area contributed by atoms with E-state index >= 15 is 0 Å². The Balaban J connectivity index is 1.98. The molecule has 4 aromatic rings. The quantitative estimate of drug-likeness (QED) is 0.438. The second kappa shape index (κ2) is 5.77. The third-order valence-electron chi connectivity index (χ3n) is 4.44. The SMILES string of the molecule is CCc1ccc2c(ccc3ccccc32)c1Nc1ccccc1. The van der Waals surface area contributed by atoms with Gasteiger partial charge in [0.15, 0.2) is 0 Å². The first kappa shape index (κ1) is 13.8. The molecular formula is C22H19N. The fourth-order valence-electron chi connectivity index (χ4n) is 3.24. The molecule has 0 aliphatic carbocycles. The van der Waals surface area contributed by atoms with Crippen molar-refractivity contribution in [3.63, 3.8) is 0 Å². The van der Waals surface area contributed by atoms with Crippen LogP contribution in [-0.4, -0.2) is 0 Å². The number of anilines is 2. The van der Waals surface area contributed by atoms with Crippen LogP contribution in [0.2, 0.25) is 0 Å². The van der Waals surface area contributed by atoms with Crippen LogP contribution in [0.3, 0.4) is 0 Å². The van der Waals surface area contributed by atoms with Gasteiger partial charge < -0.3 is 5.32 Å². The van der Waals surface area contributed by atoms with Gasteiger partial charge in [-0.15, -0.1) is 0 Å². The molecule has 0 spiro atoms. The van der Waals surface area contributed by atoms with Gasteiger partial charge in [-0.25, -0.2) is 0 Å².